The van der Waals surface area contributed by atoms with E-state index in [2.05, 4.69) is 31.8 Å². The highest BCUT2D eigenvalue weighted by Crippen LogP contribution is 2.11. The van der Waals surface area contributed by atoms with Gasteiger partial charge >= 0.3 is 0 Å². The summed E-state index contributed by atoms with van der Waals surface area (Å²) in [4.78, 5) is 0. The van der Waals surface area contributed by atoms with Crippen molar-refractivity contribution >= 4 is 13.3 Å². The molecule has 0 amide bonds. The molecule has 78 valence electrons. The number of ether oxygens (including phenoxy) is 1. The van der Waals surface area contributed by atoms with E-state index >= 15 is 0 Å². The van der Waals surface area contributed by atoms with Crippen LogP contribution in [0.1, 0.15) is 6.92 Å². The van der Waals surface area contributed by atoms with Crippen molar-refractivity contribution in [3.8, 4) is 5.75 Å². The fourth-order valence-electron chi connectivity index (χ4n) is 1.23. The summed E-state index contributed by atoms with van der Waals surface area (Å²) in [5.74, 6) is 0.724. The van der Waals surface area contributed by atoms with E-state index in [0.29, 0.717) is 0 Å². The molecule has 0 saturated heterocycles. The molecule has 1 atom stereocenters. The van der Waals surface area contributed by atoms with Gasteiger partial charge in [-0.25, -0.2) is 0 Å². The molecule has 14 heavy (non-hydrogen) atoms. The molecule has 0 aliphatic carbocycles. The van der Waals surface area contributed by atoms with Gasteiger partial charge < -0.3 is 9.84 Å². The molecule has 0 radical (unpaired) electrons. The molecule has 0 aliphatic heterocycles. The molecule has 0 fully saturated rings. The zero-order chi connectivity index (χ0) is 10.8. The molecule has 3 heteroatoms. The van der Waals surface area contributed by atoms with Crippen molar-refractivity contribution < 1.29 is 9.84 Å². The SMILES string of the molecule is CC(O)Oc1ccc([Si](C)(C)C)cc1. The Morgan fingerprint density at radius 1 is 1.14 bits per heavy atom. The number of hydrogen-bond acceptors (Lipinski definition) is 2. The summed E-state index contributed by atoms with van der Waals surface area (Å²) >= 11 is 0. The van der Waals surface area contributed by atoms with Crippen LogP contribution in [0.4, 0.5) is 0 Å². The van der Waals surface area contributed by atoms with Crippen LogP contribution in [-0.4, -0.2) is 19.5 Å². The first-order valence-corrected chi connectivity index (χ1v) is 8.35. The van der Waals surface area contributed by atoms with Crippen molar-refractivity contribution in [1.29, 1.82) is 0 Å². The van der Waals surface area contributed by atoms with Crippen LogP contribution in [-0.2, 0) is 0 Å². The molecule has 1 unspecified atom stereocenters. The van der Waals surface area contributed by atoms with E-state index in [1.54, 1.807) is 6.92 Å². The maximum atomic E-state index is 9.02. The third-order valence-corrected chi connectivity index (χ3v) is 4.09. The normalized spacial score (nSPS) is 13.8. The second-order valence-corrected chi connectivity index (χ2v) is 9.57. The third kappa shape index (κ3) is 3.16. The topological polar surface area (TPSA) is 29.5 Å². The predicted octanol–water partition coefficient (Wildman–Crippen LogP) is 1.95. The first-order valence-electron chi connectivity index (χ1n) is 4.85. The number of aliphatic hydroxyl groups is 1. The lowest BCUT2D eigenvalue weighted by Gasteiger charge is -2.17. The van der Waals surface area contributed by atoms with Crippen molar-refractivity contribution in [2.75, 3.05) is 0 Å². The zero-order valence-corrected chi connectivity index (χ0v) is 10.2. The Morgan fingerprint density at radius 3 is 2.00 bits per heavy atom. The average Bonchev–Trinajstić information content (AvgIpc) is 2.02. The Balaban J connectivity index is 2.79. The van der Waals surface area contributed by atoms with Crippen molar-refractivity contribution in [3.63, 3.8) is 0 Å². The predicted molar refractivity (Wildman–Crippen MR) is 61.7 cm³/mol. The molecular weight excluding hydrogens is 192 g/mol. The summed E-state index contributed by atoms with van der Waals surface area (Å²) in [6.07, 6.45) is -0.743. The number of rotatable bonds is 3. The lowest BCUT2D eigenvalue weighted by atomic mass is 10.3. The number of hydrogen-bond donors (Lipinski definition) is 1. The number of aliphatic hydroxyl groups excluding tert-OH is 1. The summed E-state index contributed by atoms with van der Waals surface area (Å²) in [5, 5.41) is 10.4. The fraction of sp³-hybridized carbons (Fsp3) is 0.455. The first kappa shape index (κ1) is 11.3. The zero-order valence-electron chi connectivity index (χ0n) is 9.24. The molecule has 0 spiro atoms. The molecule has 1 aromatic rings. The minimum atomic E-state index is -1.21. The van der Waals surface area contributed by atoms with E-state index in [9.17, 15) is 0 Å². The lowest BCUT2D eigenvalue weighted by Crippen LogP contribution is -2.37. The van der Waals surface area contributed by atoms with Gasteiger partial charge in [-0.05, 0) is 19.1 Å². The van der Waals surface area contributed by atoms with Crippen LogP contribution < -0.4 is 9.92 Å². The van der Waals surface area contributed by atoms with E-state index in [4.69, 9.17) is 9.84 Å². The highest BCUT2D eigenvalue weighted by molar-refractivity contribution is 6.88. The molecule has 0 aliphatic rings. The Morgan fingerprint density at radius 2 is 1.64 bits per heavy atom. The van der Waals surface area contributed by atoms with Gasteiger partial charge in [0.25, 0.3) is 0 Å². The van der Waals surface area contributed by atoms with Crippen LogP contribution in [0.3, 0.4) is 0 Å². The average molecular weight is 210 g/mol. The first-order chi connectivity index (χ1) is 6.39. The van der Waals surface area contributed by atoms with E-state index < -0.39 is 14.4 Å². The largest absolute Gasteiger partial charge is 0.465 e. The van der Waals surface area contributed by atoms with Gasteiger partial charge in [0.05, 0.1) is 8.07 Å². The Hall–Kier alpha value is -0.803. The van der Waals surface area contributed by atoms with Gasteiger partial charge in [0.2, 0.25) is 0 Å². The smallest absolute Gasteiger partial charge is 0.194 e. The quantitative estimate of drug-likeness (QED) is 0.610. The highest BCUT2D eigenvalue weighted by Gasteiger charge is 2.15. The monoisotopic (exact) mass is 210 g/mol. The second-order valence-electron chi connectivity index (χ2n) is 4.49. The van der Waals surface area contributed by atoms with Crippen LogP contribution in [0.25, 0.3) is 0 Å². The minimum Gasteiger partial charge on any atom is -0.465 e. The minimum absolute atomic E-state index is 0.724. The molecular formula is C11H18O2Si. The maximum absolute atomic E-state index is 9.02. The molecule has 1 N–H and O–H groups in total. The van der Waals surface area contributed by atoms with Crippen LogP contribution in [0.15, 0.2) is 24.3 Å². The van der Waals surface area contributed by atoms with Gasteiger partial charge in [0.1, 0.15) is 5.75 Å². The van der Waals surface area contributed by atoms with Crippen molar-refractivity contribution in [2.24, 2.45) is 0 Å². The van der Waals surface area contributed by atoms with Gasteiger partial charge in [0.15, 0.2) is 6.29 Å². The van der Waals surface area contributed by atoms with Crippen molar-refractivity contribution in [1.82, 2.24) is 0 Å². The molecule has 1 aromatic carbocycles. The Bertz CT molecular complexity index is 285. The summed E-state index contributed by atoms with van der Waals surface area (Å²) in [7, 11) is -1.21. The Kier molecular flexibility index (Phi) is 3.34. The Labute approximate surface area is 86.5 Å². The van der Waals surface area contributed by atoms with Gasteiger partial charge in [-0.2, -0.15) is 0 Å². The molecule has 0 saturated carbocycles. The van der Waals surface area contributed by atoms with E-state index in [1.165, 1.54) is 5.19 Å². The second kappa shape index (κ2) is 4.15. The lowest BCUT2D eigenvalue weighted by molar-refractivity contribution is -0.000274. The van der Waals surface area contributed by atoms with Crippen LogP contribution in [0.5, 0.6) is 5.75 Å². The summed E-state index contributed by atoms with van der Waals surface area (Å²) in [6, 6.07) is 8.01. The van der Waals surface area contributed by atoms with E-state index in [-0.39, 0.29) is 0 Å². The molecule has 0 aromatic heterocycles. The molecule has 0 bridgehead atoms. The molecule has 1 rings (SSSR count). The fourth-order valence-corrected chi connectivity index (χ4v) is 2.40. The van der Waals surface area contributed by atoms with E-state index in [1.807, 2.05) is 12.1 Å². The maximum Gasteiger partial charge on any atom is 0.194 e. The third-order valence-electron chi connectivity index (χ3n) is 2.03. The van der Waals surface area contributed by atoms with E-state index in [0.717, 1.165) is 5.75 Å². The van der Waals surface area contributed by atoms with Crippen LogP contribution >= 0.6 is 0 Å². The summed E-state index contributed by atoms with van der Waals surface area (Å²) in [6.45, 7) is 8.51. The molecule has 2 nitrogen and oxygen atoms in total. The van der Waals surface area contributed by atoms with Gasteiger partial charge in [-0.15, -0.1) is 0 Å². The highest BCUT2D eigenvalue weighted by atomic mass is 28.3. The van der Waals surface area contributed by atoms with Crippen LogP contribution in [0.2, 0.25) is 19.6 Å². The van der Waals surface area contributed by atoms with Gasteiger partial charge in [0, 0.05) is 0 Å². The van der Waals surface area contributed by atoms with Gasteiger partial charge in [-0.1, -0.05) is 37.0 Å². The number of benzene rings is 1. The standard InChI is InChI=1S/C11H18O2Si/c1-9(12)13-10-5-7-11(8-6-10)14(2,3)4/h5-9,12H,1-4H3. The van der Waals surface area contributed by atoms with Crippen molar-refractivity contribution in [3.05, 3.63) is 24.3 Å². The summed E-state index contributed by atoms with van der Waals surface area (Å²) < 4.78 is 5.15. The van der Waals surface area contributed by atoms with Gasteiger partial charge in [-0.3, -0.25) is 0 Å². The molecule has 0 heterocycles. The van der Waals surface area contributed by atoms with Crippen LogP contribution in [0, 0.1) is 0 Å². The van der Waals surface area contributed by atoms with Crippen molar-refractivity contribution in [2.45, 2.75) is 32.9 Å². The summed E-state index contributed by atoms with van der Waals surface area (Å²) in [5.41, 5.74) is 0.